The van der Waals surface area contributed by atoms with Crippen molar-refractivity contribution in [1.82, 2.24) is 9.80 Å². The van der Waals surface area contributed by atoms with Crippen molar-refractivity contribution in [3.8, 4) is 11.5 Å². The second-order valence-corrected chi connectivity index (χ2v) is 7.20. The van der Waals surface area contributed by atoms with E-state index in [2.05, 4.69) is 17.0 Å². The summed E-state index contributed by atoms with van der Waals surface area (Å²) >= 11 is 0. The average molecular weight is 383 g/mol. The van der Waals surface area contributed by atoms with Gasteiger partial charge in [-0.2, -0.15) is 0 Å². The highest BCUT2D eigenvalue weighted by atomic mass is 16.5. The van der Waals surface area contributed by atoms with E-state index in [0.29, 0.717) is 6.42 Å². The number of carbonyl (C=O) groups is 1. The number of methoxy groups -OCH3 is 2. The quantitative estimate of drug-likeness (QED) is 0.704. The lowest BCUT2D eigenvalue weighted by Crippen LogP contribution is -2.49. The summed E-state index contributed by atoms with van der Waals surface area (Å²) in [6.45, 7) is 4.60. The highest BCUT2D eigenvalue weighted by molar-refractivity contribution is 5.79. The maximum Gasteiger partial charge on any atom is 0.227 e. The fraction of sp³-hybridized carbons (Fsp3) is 0.435. The summed E-state index contributed by atoms with van der Waals surface area (Å²) in [5.74, 6) is 1.95. The fourth-order valence-electron chi connectivity index (χ4n) is 3.59. The molecule has 0 bridgehead atoms. The molecule has 1 aliphatic heterocycles. The molecule has 0 atom stereocenters. The second kappa shape index (κ2) is 10.1. The number of ether oxygens (including phenoxy) is 2. The van der Waals surface area contributed by atoms with Crippen LogP contribution in [0.5, 0.6) is 11.5 Å². The lowest BCUT2D eigenvalue weighted by molar-refractivity contribution is -0.132. The smallest absolute Gasteiger partial charge is 0.227 e. The molecule has 2 aromatic rings. The maximum absolute atomic E-state index is 12.6. The van der Waals surface area contributed by atoms with Gasteiger partial charge in [-0.05, 0) is 54.8 Å². The molecule has 1 fully saturated rings. The summed E-state index contributed by atoms with van der Waals surface area (Å²) < 4.78 is 10.5. The van der Waals surface area contributed by atoms with E-state index < -0.39 is 0 Å². The monoisotopic (exact) mass is 382 g/mol. The van der Waals surface area contributed by atoms with Gasteiger partial charge in [0, 0.05) is 26.2 Å². The molecule has 0 aromatic heterocycles. The van der Waals surface area contributed by atoms with E-state index in [1.54, 1.807) is 14.2 Å². The summed E-state index contributed by atoms with van der Waals surface area (Å²) in [4.78, 5) is 17.0. The van der Waals surface area contributed by atoms with Crippen molar-refractivity contribution in [3.63, 3.8) is 0 Å². The molecule has 0 spiro atoms. The summed E-state index contributed by atoms with van der Waals surface area (Å²) in [6, 6.07) is 16.0. The Hall–Kier alpha value is -2.53. The summed E-state index contributed by atoms with van der Waals surface area (Å²) in [6.07, 6.45) is 2.63. The van der Waals surface area contributed by atoms with Crippen LogP contribution in [0.3, 0.4) is 0 Å². The molecule has 0 unspecified atom stereocenters. The average Bonchev–Trinajstić information content (AvgIpc) is 2.75. The van der Waals surface area contributed by atoms with Crippen LogP contribution >= 0.6 is 0 Å². The van der Waals surface area contributed by atoms with Gasteiger partial charge in [-0.3, -0.25) is 9.69 Å². The topological polar surface area (TPSA) is 42.0 Å². The van der Waals surface area contributed by atoms with Gasteiger partial charge < -0.3 is 14.4 Å². The van der Waals surface area contributed by atoms with Crippen molar-refractivity contribution >= 4 is 5.91 Å². The summed E-state index contributed by atoms with van der Waals surface area (Å²) in [5.41, 5.74) is 2.35. The molecule has 5 heteroatoms. The third kappa shape index (κ3) is 5.73. The number of carbonyl (C=O) groups excluding carboxylic acids is 1. The van der Waals surface area contributed by atoms with Crippen LogP contribution in [0, 0.1) is 0 Å². The summed E-state index contributed by atoms with van der Waals surface area (Å²) in [5, 5.41) is 0. The molecule has 28 heavy (non-hydrogen) atoms. The lowest BCUT2D eigenvalue weighted by atomic mass is 10.1. The third-order valence-electron chi connectivity index (χ3n) is 5.31. The molecule has 1 aliphatic rings. The van der Waals surface area contributed by atoms with Crippen LogP contribution in [0.1, 0.15) is 17.5 Å². The number of hydrogen-bond acceptors (Lipinski definition) is 4. The van der Waals surface area contributed by atoms with Crippen LogP contribution < -0.4 is 9.47 Å². The Kier molecular flexibility index (Phi) is 7.31. The maximum atomic E-state index is 12.6. The standard InChI is InChI=1S/C23H30N2O3/c1-27-21-10-8-20(9-11-21)18-23(26)25-15-13-24(14-16-25)12-4-6-19-5-3-7-22(17-19)28-2/h3,5,7-11,17H,4,6,12-16,18H2,1-2H3. The van der Waals surface area contributed by atoms with E-state index in [1.165, 1.54) is 5.56 Å². The Balaban J connectivity index is 1.38. The first-order valence-electron chi connectivity index (χ1n) is 9.94. The van der Waals surface area contributed by atoms with Crippen LogP contribution in [0.25, 0.3) is 0 Å². The van der Waals surface area contributed by atoms with E-state index in [9.17, 15) is 4.79 Å². The molecule has 3 rings (SSSR count). The molecule has 0 saturated carbocycles. The molecule has 1 heterocycles. The molecule has 1 amide bonds. The van der Waals surface area contributed by atoms with Crippen LogP contribution in [-0.4, -0.2) is 62.7 Å². The van der Waals surface area contributed by atoms with Crippen molar-refractivity contribution in [2.75, 3.05) is 46.9 Å². The van der Waals surface area contributed by atoms with Crippen molar-refractivity contribution in [2.45, 2.75) is 19.3 Å². The first-order valence-corrected chi connectivity index (χ1v) is 9.94. The number of aryl methyl sites for hydroxylation is 1. The Labute approximate surface area is 167 Å². The molecule has 0 aliphatic carbocycles. The molecule has 150 valence electrons. The number of rotatable bonds is 8. The number of piperazine rings is 1. The number of amides is 1. The van der Waals surface area contributed by atoms with Crippen LogP contribution in [0.2, 0.25) is 0 Å². The molecule has 1 saturated heterocycles. The zero-order chi connectivity index (χ0) is 19.8. The van der Waals surface area contributed by atoms with Gasteiger partial charge in [0.2, 0.25) is 5.91 Å². The largest absolute Gasteiger partial charge is 0.497 e. The van der Waals surface area contributed by atoms with Gasteiger partial charge in [0.1, 0.15) is 11.5 Å². The van der Waals surface area contributed by atoms with Crippen LogP contribution in [-0.2, 0) is 17.6 Å². The molecule has 0 N–H and O–H groups in total. The Bertz CT molecular complexity index is 753. The zero-order valence-electron chi connectivity index (χ0n) is 16.9. The Morgan fingerprint density at radius 1 is 0.893 bits per heavy atom. The van der Waals surface area contributed by atoms with E-state index in [0.717, 1.165) is 62.6 Å². The van der Waals surface area contributed by atoms with E-state index >= 15 is 0 Å². The van der Waals surface area contributed by atoms with Crippen LogP contribution in [0.4, 0.5) is 0 Å². The van der Waals surface area contributed by atoms with Crippen LogP contribution in [0.15, 0.2) is 48.5 Å². The normalized spacial score (nSPS) is 14.7. The number of nitrogens with zero attached hydrogens (tertiary/aromatic N) is 2. The van der Waals surface area contributed by atoms with Crippen molar-refractivity contribution in [2.24, 2.45) is 0 Å². The second-order valence-electron chi connectivity index (χ2n) is 7.20. The Morgan fingerprint density at radius 3 is 2.29 bits per heavy atom. The third-order valence-corrected chi connectivity index (χ3v) is 5.31. The molecular formula is C23H30N2O3. The van der Waals surface area contributed by atoms with Crippen molar-refractivity contribution < 1.29 is 14.3 Å². The predicted octanol–water partition coefficient (Wildman–Crippen LogP) is 3.02. The SMILES string of the molecule is COc1ccc(CC(=O)N2CCN(CCCc3cccc(OC)c3)CC2)cc1. The first-order chi connectivity index (χ1) is 13.7. The van der Waals surface area contributed by atoms with Crippen molar-refractivity contribution in [1.29, 1.82) is 0 Å². The van der Waals surface area contributed by atoms with Gasteiger partial charge >= 0.3 is 0 Å². The minimum atomic E-state index is 0.209. The molecule has 5 nitrogen and oxygen atoms in total. The van der Waals surface area contributed by atoms with E-state index in [4.69, 9.17) is 9.47 Å². The van der Waals surface area contributed by atoms with Gasteiger partial charge in [-0.15, -0.1) is 0 Å². The Morgan fingerprint density at radius 2 is 1.61 bits per heavy atom. The minimum Gasteiger partial charge on any atom is -0.497 e. The lowest BCUT2D eigenvalue weighted by Gasteiger charge is -2.34. The fourth-order valence-corrected chi connectivity index (χ4v) is 3.59. The molecule has 0 radical (unpaired) electrons. The number of hydrogen-bond donors (Lipinski definition) is 0. The first kappa shape index (κ1) is 20.2. The van der Waals surface area contributed by atoms with E-state index in [1.807, 2.05) is 41.3 Å². The predicted molar refractivity (Wildman–Crippen MR) is 111 cm³/mol. The van der Waals surface area contributed by atoms with Gasteiger partial charge in [-0.25, -0.2) is 0 Å². The highest BCUT2D eigenvalue weighted by Crippen LogP contribution is 2.15. The van der Waals surface area contributed by atoms with Gasteiger partial charge in [0.15, 0.2) is 0 Å². The van der Waals surface area contributed by atoms with Gasteiger partial charge in [0.05, 0.1) is 20.6 Å². The summed E-state index contributed by atoms with van der Waals surface area (Å²) in [7, 11) is 3.35. The molecular weight excluding hydrogens is 352 g/mol. The van der Waals surface area contributed by atoms with Gasteiger partial charge in [0.25, 0.3) is 0 Å². The van der Waals surface area contributed by atoms with E-state index in [-0.39, 0.29) is 5.91 Å². The highest BCUT2D eigenvalue weighted by Gasteiger charge is 2.20. The number of benzene rings is 2. The van der Waals surface area contributed by atoms with Crippen molar-refractivity contribution in [3.05, 3.63) is 59.7 Å². The zero-order valence-corrected chi connectivity index (χ0v) is 16.9. The van der Waals surface area contributed by atoms with Gasteiger partial charge in [-0.1, -0.05) is 24.3 Å². The molecule has 2 aromatic carbocycles. The minimum absolute atomic E-state index is 0.209.